The van der Waals surface area contributed by atoms with Crippen LogP contribution in [0.2, 0.25) is 0 Å². The maximum absolute atomic E-state index is 13.2. The minimum absolute atomic E-state index is 0.0402. The molecular weight excluding hydrogens is 973 g/mol. The van der Waals surface area contributed by atoms with Crippen molar-refractivity contribution in [1.82, 2.24) is 0 Å². The van der Waals surface area contributed by atoms with Crippen LogP contribution in [0.1, 0.15) is 239 Å². The average Bonchev–Trinajstić information content (AvgIpc) is 3.42. The van der Waals surface area contributed by atoms with Gasteiger partial charge in [0.1, 0.15) is 18.8 Å². The Morgan fingerprint density at radius 3 is 1.32 bits per heavy atom. The second-order valence-electron chi connectivity index (χ2n) is 20.2. The van der Waals surface area contributed by atoms with E-state index < -0.39 is 67.3 Å². The Kier molecular flexibility index (Phi) is 48.0. The zero-order valence-electron chi connectivity index (χ0n) is 48.2. The molecule has 12 nitrogen and oxygen atoms in total. The summed E-state index contributed by atoms with van der Waals surface area (Å²) in [6, 6.07) is 0. The van der Waals surface area contributed by atoms with E-state index in [1.54, 1.807) is 0 Å². The molecule has 3 N–H and O–H groups in total. The van der Waals surface area contributed by atoms with Crippen molar-refractivity contribution in [3.8, 4) is 0 Å². The first-order valence-corrected chi connectivity index (χ1v) is 30.2. The highest BCUT2D eigenvalue weighted by Gasteiger charge is 2.50. The van der Waals surface area contributed by atoms with Crippen molar-refractivity contribution in [1.29, 1.82) is 0 Å². The number of carboxylic acids is 1. The van der Waals surface area contributed by atoms with Crippen molar-refractivity contribution in [3.05, 3.63) is 97.2 Å². The highest BCUT2D eigenvalue weighted by molar-refractivity contribution is 5.74. The number of hydrogen-bond donors (Lipinski definition) is 3. The first-order chi connectivity index (χ1) is 37.6. The predicted octanol–water partition coefficient (Wildman–Crippen LogP) is 15.7. The van der Waals surface area contributed by atoms with Crippen molar-refractivity contribution in [2.75, 3.05) is 13.2 Å². The van der Waals surface area contributed by atoms with Gasteiger partial charge in [-0.3, -0.25) is 14.4 Å². The van der Waals surface area contributed by atoms with Gasteiger partial charge in [0.2, 0.25) is 0 Å². The zero-order chi connectivity index (χ0) is 56.1. The van der Waals surface area contributed by atoms with Gasteiger partial charge in [0, 0.05) is 19.3 Å². The number of aliphatic carboxylic acids is 1. The molecule has 1 rings (SSSR count). The number of aliphatic hydroxyl groups is 2. The van der Waals surface area contributed by atoms with Crippen LogP contribution >= 0.6 is 0 Å². The fraction of sp³-hybridized carbons (Fsp3) is 0.692. The van der Waals surface area contributed by atoms with Gasteiger partial charge in [0.25, 0.3) is 0 Å². The summed E-state index contributed by atoms with van der Waals surface area (Å²) < 4.78 is 28.4. The van der Waals surface area contributed by atoms with Gasteiger partial charge in [-0.2, -0.15) is 0 Å². The van der Waals surface area contributed by atoms with Crippen LogP contribution in [-0.2, 0) is 42.9 Å². The summed E-state index contributed by atoms with van der Waals surface area (Å²) in [6.07, 6.45) is 56.6. The lowest BCUT2D eigenvalue weighted by Crippen LogP contribution is -2.61. The van der Waals surface area contributed by atoms with Gasteiger partial charge in [0.05, 0.1) is 6.61 Å². The number of ether oxygens (including phenoxy) is 5. The van der Waals surface area contributed by atoms with Gasteiger partial charge in [-0.15, -0.1) is 0 Å². The first-order valence-electron chi connectivity index (χ1n) is 30.2. The van der Waals surface area contributed by atoms with Gasteiger partial charge in [-0.05, 0) is 116 Å². The molecule has 0 aromatic rings. The van der Waals surface area contributed by atoms with Gasteiger partial charge >= 0.3 is 23.9 Å². The molecule has 1 aliphatic heterocycles. The summed E-state index contributed by atoms with van der Waals surface area (Å²) in [6.45, 7) is 5.78. The van der Waals surface area contributed by atoms with Crippen LogP contribution in [0.4, 0.5) is 0 Å². The molecule has 0 radical (unpaired) electrons. The highest BCUT2D eigenvalue weighted by Crippen LogP contribution is 2.26. The third-order valence-corrected chi connectivity index (χ3v) is 13.1. The van der Waals surface area contributed by atoms with Crippen molar-refractivity contribution < 1.29 is 58.2 Å². The number of carbonyl (C=O) groups is 4. The summed E-state index contributed by atoms with van der Waals surface area (Å²) in [5.74, 6) is -3.22. The molecule has 6 atom stereocenters. The van der Waals surface area contributed by atoms with Crippen LogP contribution < -0.4 is 0 Å². The van der Waals surface area contributed by atoms with Crippen molar-refractivity contribution in [2.24, 2.45) is 0 Å². The smallest absolute Gasteiger partial charge is 0.335 e. The quantitative estimate of drug-likeness (QED) is 0.0228. The monoisotopic (exact) mass is 1080 g/mol. The zero-order valence-corrected chi connectivity index (χ0v) is 48.2. The number of unbranched alkanes of at least 4 members (excludes halogenated alkanes) is 20. The minimum atomic E-state index is -1.92. The molecule has 0 spiro atoms. The molecule has 0 aromatic heterocycles. The Balaban J connectivity index is 2.74. The lowest BCUT2D eigenvalue weighted by atomic mass is 9.98. The van der Waals surface area contributed by atoms with Gasteiger partial charge in [-0.1, -0.05) is 201 Å². The molecule has 438 valence electrons. The van der Waals surface area contributed by atoms with E-state index in [-0.39, 0.29) is 25.9 Å². The third kappa shape index (κ3) is 42.3. The maximum atomic E-state index is 13.2. The molecule has 77 heavy (non-hydrogen) atoms. The fourth-order valence-electron chi connectivity index (χ4n) is 8.49. The maximum Gasteiger partial charge on any atom is 0.335 e. The Labute approximate surface area is 466 Å². The summed E-state index contributed by atoms with van der Waals surface area (Å²) in [4.78, 5) is 51.1. The Morgan fingerprint density at radius 1 is 0.442 bits per heavy atom. The van der Waals surface area contributed by atoms with Crippen molar-refractivity contribution in [3.63, 3.8) is 0 Å². The number of carbonyl (C=O) groups excluding carboxylic acids is 3. The van der Waals surface area contributed by atoms with Gasteiger partial charge in [-0.25, -0.2) is 4.79 Å². The highest BCUT2D eigenvalue weighted by atomic mass is 16.7. The van der Waals surface area contributed by atoms with Crippen molar-refractivity contribution >= 4 is 23.9 Å². The van der Waals surface area contributed by atoms with Crippen LogP contribution in [0.5, 0.6) is 0 Å². The molecule has 0 aliphatic carbocycles. The molecule has 1 heterocycles. The van der Waals surface area contributed by atoms with Gasteiger partial charge in [0.15, 0.2) is 24.6 Å². The molecule has 1 fully saturated rings. The van der Waals surface area contributed by atoms with Gasteiger partial charge < -0.3 is 39.0 Å². The number of carboxylic acid groups (broad SMARTS) is 1. The summed E-state index contributed by atoms with van der Waals surface area (Å²) in [5, 5.41) is 31.5. The summed E-state index contributed by atoms with van der Waals surface area (Å²) in [5.41, 5.74) is 0. The Bertz CT molecular complexity index is 1710. The molecule has 12 heteroatoms. The summed E-state index contributed by atoms with van der Waals surface area (Å²) >= 11 is 0. The van der Waals surface area contributed by atoms with Crippen LogP contribution in [0.3, 0.4) is 0 Å². The predicted molar refractivity (Wildman–Crippen MR) is 312 cm³/mol. The third-order valence-electron chi connectivity index (χ3n) is 13.1. The molecule has 0 bridgehead atoms. The van der Waals surface area contributed by atoms with Crippen LogP contribution in [0, 0.1) is 0 Å². The number of hydrogen-bond acceptors (Lipinski definition) is 11. The molecule has 6 unspecified atom stereocenters. The normalized spacial score (nSPS) is 18.7. The fourth-order valence-corrected chi connectivity index (χ4v) is 8.49. The van der Waals surface area contributed by atoms with E-state index >= 15 is 0 Å². The second-order valence-corrected chi connectivity index (χ2v) is 20.2. The molecular formula is C65H106O12. The number of aliphatic hydroxyl groups excluding tert-OH is 2. The van der Waals surface area contributed by atoms with Crippen molar-refractivity contribution in [2.45, 2.75) is 276 Å². The van der Waals surface area contributed by atoms with E-state index in [1.807, 2.05) is 6.08 Å². The lowest BCUT2D eigenvalue weighted by molar-refractivity contribution is -0.301. The SMILES string of the molecule is CC/C=C\C/C=C\C/C=C\C/C=C\C/C=C\CCCC(=O)OCC(COC1OC(C(=O)O)C(O)C(O)C1OC(=O)CCCCCCC/C=C\CCCCCC)OC(=O)CCCCCCCCC/C=C\C/C=C\CCCCC. The van der Waals surface area contributed by atoms with Crippen LogP contribution in [0.25, 0.3) is 0 Å². The lowest BCUT2D eigenvalue weighted by Gasteiger charge is -2.40. The van der Waals surface area contributed by atoms with Crippen LogP contribution in [-0.4, -0.2) is 89.2 Å². The van der Waals surface area contributed by atoms with E-state index in [1.165, 1.54) is 44.9 Å². The average molecular weight is 1080 g/mol. The topological polar surface area (TPSA) is 175 Å². The number of rotatable bonds is 50. The Morgan fingerprint density at radius 2 is 0.831 bits per heavy atom. The Hall–Kier alpha value is -4.36. The van der Waals surface area contributed by atoms with Crippen LogP contribution in [0.15, 0.2) is 97.2 Å². The van der Waals surface area contributed by atoms with E-state index in [4.69, 9.17) is 23.7 Å². The number of esters is 3. The first kappa shape index (κ1) is 70.7. The van der Waals surface area contributed by atoms with E-state index in [0.29, 0.717) is 25.7 Å². The molecule has 0 saturated carbocycles. The van der Waals surface area contributed by atoms with E-state index in [0.717, 1.165) is 128 Å². The molecule has 0 aromatic carbocycles. The second kappa shape index (κ2) is 52.3. The van der Waals surface area contributed by atoms with E-state index in [9.17, 15) is 34.5 Å². The molecule has 1 aliphatic rings. The molecule has 0 amide bonds. The number of allylic oxidation sites excluding steroid dienone is 16. The van der Waals surface area contributed by atoms with E-state index in [2.05, 4.69) is 112 Å². The standard InChI is InChI=1S/C65H106O12/c1-4-7-10-13-16-19-22-25-27-29-31-34-36-39-42-45-48-51-57(66)73-54-56(75-58(67)52-49-46-43-40-38-35-32-30-28-26-23-20-17-14-11-8-5-2)55-74-65-63(61(70)60(69)62(77-65)64(71)72)76-59(68)53-50-47-44-41-37-33-24-21-18-15-12-9-6-3/h7,10,16-17,19-21,24-28,31,34,39,42,56,60-63,65,69-70H,4-6,8-9,11-15,18,22-23,29-30,32-33,35-38,40-41,43-55H2,1-3H3,(H,71,72)/b10-7-,19-16-,20-17-,24-21-,27-25-,28-26-,34-31-,42-39-. The minimum Gasteiger partial charge on any atom is -0.479 e. The largest absolute Gasteiger partial charge is 0.479 e. The molecule has 1 saturated heterocycles. The summed E-state index contributed by atoms with van der Waals surface area (Å²) in [7, 11) is 0.